The third-order valence-corrected chi connectivity index (χ3v) is 6.01. The van der Waals surface area contributed by atoms with E-state index in [1.54, 1.807) is 24.3 Å². The SMILES string of the molecule is Cc1cc(C)cc(Oc2coc3cc(OC(=O)CCCN4C(=O)c5ccccc5C4=O)ccc3c2=O)c1. The number of ether oxygens (including phenoxy) is 2. The van der Waals surface area contributed by atoms with Gasteiger partial charge in [-0.2, -0.15) is 0 Å². The van der Waals surface area contributed by atoms with Gasteiger partial charge >= 0.3 is 5.97 Å². The quantitative estimate of drug-likeness (QED) is 0.197. The van der Waals surface area contributed by atoms with E-state index in [-0.39, 0.29) is 59.1 Å². The van der Waals surface area contributed by atoms with Crippen LogP contribution >= 0.6 is 0 Å². The number of amides is 2. The van der Waals surface area contributed by atoms with E-state index >= 15 is 0 Å². The lowest BCUT2D eigenvalue weighted by molar-refractivity contribution is -0.134. The normalized spacial score (nSPS) is 12.6. The highest BCUT2D eigenvalue weighted by atomic mass is 16.5. The molecule has 0 radical (unpaired) electrons. The second-order valence-electron chi connectivity index (χ2n) is 8.90. The summed E-state index contributed by atoms with van der Waals surface area (Å²) in [7, 11) is 0. The van der Waals surface area contributed by atoms with E-state index in [1.807, 2.05) is 32.0 Å². The third kappa shape index (κ3) is 4.86. The molecule has 0 atom stereocenters. The summed E-state index contributed by atoms with van der Waals surface area (Å²) in [6.07, 6.45) is 1.49. The van der Waals surface area contributed by atoms with Crippen LogP contribution in [0.5, 0.6) is 17.2 Å². The minimum absolute atomic E-state index is 0.00191. The van der Waals surface area contributed by atoms with Crippen LogP contribution in [0.1, 0.15) is 44.7 Å². The van der Waals surface area contributed by atoms with E-state index in [0.717, 1.165) is 16.0 Å². The zero-order valence-electron chi connectivity index (χ0n) is 20.3. The van der Waals surface area contributed by atoms with Gasteiger partial charge in [-0.15, -0.1) is 0 Å². The first-order chi connectivity index (χ1) is 17.8. The van der Waals surface area contributed by atoms with Crippen molar-refractivity contribution >= 4 is 28.8 Å². The van der Waals surface area contributed by atoms with Crippen LogP contribution in [-0.2, 0) is 4.79 Å². The summed E-state index contributed by atoms with van der Waals surface area (Å²) in [5.74, 6) is -0.456. The van der Waals surface area contributed by atoms with Gasteiger partial charge in [0.15, 0.2) is 0 Å². The number of carbonyl (C=O) groups is 3. The van der Waals surface area contributed by atoms with Gasteiger partial charge in [-0.1, -0.05) is 18.2 Å². The molecule has 8 nitrogen and oxygen atoms in total. The first-order valence-corrected chi connectivity index (χ1v) is 11.8. The van der Waals surface area contributed by atoms with Crippen molar-refractivity contribution in [3.8, 4) is 17.2 Å². The topological polar surface area (TPSA) is 103 Å². The predicted molar refractivity (Wildman–Crippen MR) is 135 cm³/mol. The molecule has 0 spiro atoms. The average Bonchev–Trinajstić information content (AvgIpc) is 3.10. The molecule has 1 aliphatic heterocycles. The van der Waals surface area contributed by atoms with Crippen LogP contribution in [0, 0.1) is 13.8 Å². The van der Waals surface area contributed by atoms with Gasteiger partial charge in [0.2, 0.25) is 11.2 Å². The fraction of sp³-hybridized carbons (Fsp3) is 0.172. The Kier molecular flexibility index (Phi) is 6.31. The molecule has 0 N–H and O–H groups in total. The van der Waals surface area contributed by atoms with Gasteiger partial charge in [0, 0.05) is 19.0 Å². The second-order valence-corrected chi connectivity index (χ2v) is 8.90. The molecule has 0 unspecified atom stereocenters. The molecule has 5 rings (SSSR count). The minimum Gasteiger partial charge on any atom is -0.460 e. The molecule has 8 heteroatoms. The van der Waals surface area contributed by atoms with E-state index in [1.165, 1.54) is 24.5 Å². The van der Waals surface area contributed by atoms with E-state index in [2.05, 4.69) is 0 Å². The molecule has 0 bridgehead atoms. The number of fused-ring (bicyclic) bond motifs is 2. The molecule has 186 valence electrons. The molecular weight excluding hydrogens is 474 g/mol. The maximum absolute atomic E-state index is 12.9. The Bertz CT molecular complexity index is 1560. The predicted octanol–water partition coefficient (Wildman–Crippen LogP) is 5.18. The van der Waals surface area contributed by atoms with Gasteiger partial charge in [-0.25, -0.2) is 0 Å². The van der Waals surface area contributed by atoms with Gasteiger partial charge in [0.1, 0.15) is 23.3 Å². The molecule has 0 saturated carbocycles. The highest BCUT2D eigenvalue weighted by molar-refractivity contribution is 6.21. The van der Waals surface area contributed by atoms with Crippen molar-refractivity contribution in [1.82, 2.24) is 4.90 Å². The smallest absolute Gasteiger partial charge is 0.311 e. The summed E-state index contributed by atoms with van der Waals surface area (Å²) in [5, 5.41) is 0.285. The summed E-state index contributed by atoms with van der Waals surface area (Å²) < 4.78 is 16.7. The molecule has 1 aliphatic rings. The van der Waals surface area contributed by atoms with Crippen molar-refractivity contribution in [2.24, 2.45) is 0 Å². The lowest BCUT2D eigenvalue weighted by Crippen LogP contribution is -2.31. The number of aryl methyl sites for hydroxylation is 2. The number of hydrogen-bond acceptors (Lipinski definition) is 7. The molecule has 0 saturated heterocycles. The van der Waals surface area contributed by atoms with Crippen LogP contribution in [-0.4, -0.2) is 29.2 Å². The molecule has 4 aromatic rings. The standard InChI is InChI=1S/C29H23NO7/c1-17-12-18(2)14-20(13-17)36-25-16-35-24-15-19(9-10-23(24)27(25)32)37-26(31)8-5-11-30-28(33)21-6-3-4-7-22(21)29(30)34/h3-4,6-7,9-10,12-16H,5,8,11H2,1-2H3. The molecule has 3 aromatic carbocycles. The molecule has 0 aliphatic carbocycles. The summed E-state index contributed by atoms with van der Waals surface area (Å²) >= 11 is 0. The van der Waals surface area contributed by atoms with Crippen molar-refractivity contribution in [1.29, 1.82) is 0 Å². The number of imide groups is 1. The van der Waals surface area contributed by atoms with Crippen molar-refractivity contribution in [2.45, 2.75) is 26.7 Å². The Balaban J connectivity index is 1.21. The van der Waals surface area contributed by atoms with Gasteiger partial charge in [0.05, 0.1) is 16.5 Å². The van der Waals surface area contributed by atoms with E-state index < -0.39 is 5.97 Å². The van der Waals surface area contributed by atoms with Crippen LogP contribution in [0.4, 0.5) is 0 Å². The lowest BCUT2D eigenvalue weighted by Gasteiger charge is -2.13. The molecule has 37 heavy (non-hydrogen) atoms. The number of nitrogens with zero attached hydrogens (tertiary/aromatic N) is 1. The minimum atomic E-state index is -0.534. The second kappa shape index (κ2) is 9.73. The Hall–Kier alpha value is -4.72. The molecular formula is C29H23NO7. The molecule has 0 fully saturated rings. The number of hydrogen-bond donors (Lipinski definition) is 0. The largest absolute Gasteiger partial charge is 0.460 e. The highest BCUT2D eigenvalue weighted by Gasteiger charge is 2.34. The van der Waals surface area contributed by atoms with Crippen LogP contribution in [0.2, 0.25) is 0 Å². The first kappa shape index (κ1) is 24.0. The zero-order valence-corrected chi connectivity index (χ0v) is 20.3. The first-order valence-electron chi connectivity index (χ1n) is 11.8. The average molecular weight is 498 g/mol. The van der Waals surface area contributed by atoms with Gasteiger partial charge in [-0.05, 0) is 67.8 Å². The summed E-state index contributed by atoms with van der Waals surface area (Å²) in [6.45, 7) is 3.99. The highest BCUT2D eigenvalue weighted by Crippen LogP contribution is 2.26. The van der Waals surface area contributed by atoms with Gasteiger partial charge < -0.3 is 13.9 Å². The Morgan fingerprint density at radius 3 is 2.22 bits per heavy atom. The van der Waals surface area contributed by atoms with Crippen LogP contribution < -0.4 is 14.9 Å². The van der Waals surface area contributed by atoms with Crippen LogP contribution in [0.3, 0.4) is 0 Å². The monoisotopic (exact) mass is 497 g/mol. The van der Waals surface area contributed by atoms with E-state index in [0.29, 0.717) is 16.9 Å². The third-order valence-electron chi connectivity index (χ3n) is 6.01. The Morgan fingerprint density at radius 1 is 0.865 bits per heavy atom. The lowest BCUT2D eigenvalue weighted by atomic mass is 10.1. The molecule has 2 amide bonds. The van der Waals surface area contributed by atoms with Crippen LogP contribution in [0.25, 0.3) is 11.0 Å². The number of esters is 1. The van der Waals surface area contributed by atoms with Crippen molar-refractivity contribution < 1.29 is 28.3 Å². The molecule has 2 heterocycles. The van der Waals surface area contributed by atoms with Crippen LogP contribution in [0.15, 0.2) is 76.1 Å². The Morgan fingerprint density at radius 2 is 1.54 bits per heavy atom. The van der Waals surface area contributed by atoms with Crippen molar-refractivity contribution in [3.05, 3.63) is 99.4 Å². The maximum Gasteiger partial charge on any atom is 0.311 e. The summed E-state index contributed by atoms with van der Waals surface area (Å²) in [6, 6.07) is 16.8. The van der Waals surface area contributed by atoms with Crippen molar-refractivity contribution in [2.75, 3.05) is 6.54 Å². The Labute approximate surface area is 212 Å². The maximum atomic E-state index is 12.9. The summed E-state index contributed by atoms with van der Waals surface area (Å²) in [4.78, 5) is 51.2. The number of carbonyl (C=O) groups excluding carboxylic acids is 3. The van der Waals surface area contributed by atoms with E-state index in [9.17, 15) is 19.2 Å². The summed E-state index contributed by atoms with van der Waals surface area (Å²) in [5.41, 5.74) is 2.66. The van der Waals surface area contributed by atoms with E-state index in [4.69, 9.17) is 13.9 Å². The van der Waals surface area contributed by atoms with Gasteiger partial charge in [-0.3, -0.25) is 24.1 Å². The number of rotatable bonds is 7. The fourth-order valence-electron chi connectivity index (χ4n) is 4.35. The number of benzene rings is 3. The molecule has 1 aromatic heterocycles. The van der Waals surface area contributed by atoms with Crippen molar-refractivity contribution in [3.63, 3.8) is 0 Å². The fourth-order valence-corrected chi connectivity index (χ4v) is 4.35. The zero-order chi connectivity index (χ0) is 26.1. The van der Waals surface area contributed by atoms with Gasteiger partial charge in [0.25, 0.3) is 11.8 Å².